The largest absolute Gasteiger partial charge is 0.394 e. The van der Waals surface area contributed by atoms with Gasteiger partial charge in [0.15, 0.2) is 5.82 Å². The van der Waals surface area contributed by atoms with Crippen LogP contribution in [0.5, 0.6) is 0 Å². The molecule has 0 saturated carbocycles. The van der Waals surface area contributed by atoms with E-state index in [0.29, 0.717) is 17.2 Å². The molecule has 3 N–H and O–H groups in total. The summed E-state index contributed by atoms with van der Waals surface area (Å²) in [4.78, 5) is 21.9. The van der Waals surface area contributed by atoms with Crippen molar-refractivity contribution in [1.82, 2.24) is 15.3 Å². The summed E-state index contributed by atoms with van der Waals surface area (Å²) in [7, 11) is 1.67. The van der Waals surface area contributed by atoms with Crippen LogP contribution in [-0.2, 0) is 4.79 Å². The second-order valence-electron chi connectivity index (χ2n) is 4.69. The van der Waals surface area contributed by atoms with Crippen LogP contribution >= 0.6 is 11.6 Å². The third-order valence-electron chi connectivity index (χ3n) is 3.50. The number of halogens is 1. The maximum absolute atomic E-state index is 11.6. The fourth-order valence-corrected chi connectivity index (χ4v) is 2.54. The Bertz CT molecular complexity index is 485. The van der Waals surface area contributed by atoms with E-state index in [4.69, 9.17) is 17.3 Å². The summed E-state index contributed by atoms with van der Waals surface area (Å²) in [5, 5.41) is 2.89. The molecule has 104 valence electrons. The van der Waals surface area contributed by atoms with E-state index in [1.165, 1.54) is 0 Å². The molecule has 1 aliphatic heterocycles. The van der Waals surface area contributed by atoms with Crippen LogP contribution in [0.4, 0.5) is 11.5 Å². The lowest BCUT2D eigenvalue weighted by molar-refractivity contribution is -0.125. The molecule has 2 rings (SSSR count). The summed E-state index contributed by atoms with van der Waals surface area (Å²) >= 11 is 5.87. The Morgan fingerprint density at radius 2 is 2.05 bits per heavy atom. The minimum atomic E-state index is 0.0703. The molecule has 0 radical (unpaired) electrons. The van der Waals surface area contributed by atoms with Crippen molar-refractivity contribution in [3.63, 3.8) is 0 Å². The molecule has 1 aromatic heterocycles. The van der Waals surface area contributed by atoms with Gasteiger partial charge in [0, 0.05) is 26.1 Å². The standard InChI is InChI=1S/C12H18ClN5O/c1-7-9(14)10(17-12(13)16-7)18-5-3-8(4-6-18)11(19)15-2/h8H,3-6,14H2,1-2H3,(H,15,19). The molecule has 2 heterocycles. The first-order valence-electron chi connectivity index (χ1n) is 6.29. The van der Waals surface area contributed by atoms with Gasteiger partial charge < -0.3 is 16.0 Å². The van der Waals surface area contributed by atoms with Gasteiger partial charge in [-0.3, -0.25) is 4.79 Å². The number of hydrogen-bond acceptors (Lipinski definition) is 5. The van der Waals surface area contributed by atoms with Gasteiger partial charge in [-0.25, -0.2) is 4.98 Å². The van der Waals surface area contributed by atoms with Crippen molar-refractivity contribution in [2.45, 2.75) is 19.8 Å². The molecule has 1 amide bonds. The predicted octanol–water partition coefficient (Wildman–Crippen LogP) is 0.983. The van der Waals surface area contributed by atoms with E-state index < -0.39 is 0 Å². The lowest BCUT2D eigenvalue weighted by Crippen LogP contribution is -2.40. The first kappa shape index (κ1) is 13.9. The minimum Gasteiger partial charge on any atom is -0.394 e. The summed E-state index contributed by atoms with van der Waals surface area (Å²) in [6.07, 6.45) is 1.58. The molecule has 19 heavy (non-hydrogen) atoms. The molecule has 0 atom stereocenters. The van der Waals surface area contributed by atoms with Gasteiger partial charge in [-0.2, -0.15) is 4.98 Å². The summed E-state index contributed by atoms with van der Waals surface area (Å²) in [6, 6.07) is 0. The van der Waals surface area contributed by atoms with E-state index >= 15 is 0 Å². The van der Waals surface area contributed by atoms with Crippen LogP contribution in [0, 0.1) is 12.8 Å². The van der Waals surface area contributed by atoms with Gasteiger partial charge in [0.1, 0.15) is 0 Å². The second-order valence-corrected chi connectivity index (χ2v) is 5.03. The molecule has 0 spiro atoms. The Hall–Kier alpha value is -1.56. The number of carbonyl (C=O) groups excluding carboxylic acids is 1. The summed E-state index contributed by atoms with van der Waals surface area (Å²) in [5.74, 6) is 0.846. The zero-order valence-corrected chi connectivity index (χ0v) is 11.9. The maximum Gasteiger partial charge on any atom is 0.224 e. The molecule has 0 aromatic carbocycles. The predicted molar refractivity (Wildman–Crippen MR) is 75.2 cm³/mol. The van der Waals surface area contributed by atoms with Gasteiger partial charge in [0.25, 0.3) is 0 Å². The number of carbonyl (C=O) groups is 1. The number of amides is 1. The molecule has 1 aromatic rings. The number of nitrogen functional groups attached to an aromatic ring is 1. The van der Waals surface area contributed by atoms with Gasteiger partial charge in [-0.1, -0.05) is 0 Å². The fourth-order valence-electron chi connectivity index (χ4n) is 2.33. The molecule has 7 heteroatoms. The van der Waals surface area contributed by atoms with Crippen LogP contribution in [0.2, 0.25) is 5.28 Å². The molecule has 1 fully saturated rings. The number of aryl methyl sites for hydroxylation is 1. The lowest BCUT2D eigenvalue weighted by atomic mass is 9.96. The number of rotatable bonds is 2. The first-order valence-corrected chi connectivity index (χ1v) is 6.67. The highest BCUT2D eigenvalue weighted by Crippen LogP contribution is 2.28. The van der Waals surface area contributed by atoms with E-state index in [-0.39, 0.29) is 17.1 Å². The van der Waals surface area contributed by atoms with E-state index in [9.17, 15) is 4.79 Å². The van der Waals surface area contributed by atoms with Gasteiger partial charge in [-0.15, -0.1) is 0 Å². The topological polar surface area (TPSA) is 84.1 Å². The summed E-state index contributed by atoms with van der Waals surface area (Å²) in [6.45, 7) is 3.30. The van der Waals surface area contributed by atoms with Crippen LogP contribution in [0.15, 0.2) is 0 Å². The summed E-state index contributed by atoms with van der Waals surface area (Å²) < 4.78 is 0. The Kier molecular flexibility index (Phi) is 4.09. The fraction of sp³-hybridized carbons (Fsp3) is 0.583. The van der Waals surface area contributed by atoms with Crippen molar-refractivity contribution in [1.29, 1.82) is 0 Å². The highest BCUT2D eigenvalue weighted by Gasteiger charge is 2.26. The number of anilines is 2. The molecular weight excluding hydrogens is 266 g/mol. The minimum absolute atomic E-state index is 0.0703. The van der Waals surface area contributed by atoms with Gasteiger partial charge in [0.05, 0.1) is 11.4 Å². The molecule has 0 bridgehead atoms. The first-order chi connectivity index (χ1) is 9.02. The van der Waals surface area contributed by atoms with Crippen LogP contribution in [0.25, 0.3) is 0 Å². The Balaban J connectivity index is 2.12. The smallest absolute Gasteiger partial charge is 0.224 e. The van der Waals surface area contributed by atoms with Crippen LogP contribution in [-0.4, -0.2) is 36.0 Å². The molecule has 6 nitrogen and oxygen atoms in total. The quantitative estimate of drug-likeness (QED) is 0.791. The van der Waals surface area contributed by atoms with E-state index in [1.807, 2.05) is 6.92 Å². The number of aromatic nitrogens is 2. The van der Waals surface area contributed by atoms with Gasteiger partial charge >= 0.3 is 0 Å². The normalized spacial score (nSPS) is 16.5. The molecule has 0 aliphatic carbocycles. The monoisotopic (exact) mass is 283 g/mol. The van der Waals surface area contributed by atoms with Crippen molar-refractivity contribution in [3.8, 4) is 0 Å². The zero-order valence-electron chi connectivity index (χ0n) is 11.1. The Morgan fingerprint density at radius 3 is 2.63 bits per heavy atom. The Labute approximate surface area is 117 Å². The van der Waals surface area contributed by atoms with E-state index in [0.717, 1.165) is 25.9 Å². The number of nitrogens with two attached hydrogens (primary N) is 1. The third-order valence-corrected chi connectivity index (χ3v) is 3.67. The van der Waals surface area contributed by atoms with E-state index in [1.54, 1.807) is 7.05 Å². The summed E-state index contributed by atoms with van der Waals surface area (Å²) in [5.41, 5.74) is 7.24. The van der Waals surface area contributed by atoms with Crippen LogP contribution in [0.1, 0.15) is 18.5 Å². The lowest BCUT2D eigenvalue weighted by Gasteiger charge is -2.32. The number of piperidine rings is 1. The molecule has 1 aliphatic rings. The maximum atomic E-state index is 11.6. The van der Waals surface area contributed by atoms with Crippen molar-refractivity contribution in [3.05, 3.63) is 11.0 Å². The average Bonchev–Trinajstić information content (AvgIpc) is 2.42. The number of nitrogens with zero attached hydrogens (tertiary/aromatic N) is 3. The average molecular weight is 284 g/mol. The highest BCUT2D eigenvalue weighted by atomic mass is 35.5. The van der Waals surface area contributed by atoms with Crippen molar-refractivity contribution in [2.24, 2.45) is 5.92 Å². The van der Waals surface area contributed by atoms with Gasteiger partial charge in [0.2, 0.25) is 11.2 Å². The van der Waals surface area contributed by atoms with Crippen molar-refractivity contribution >= 4 is 29.0 Å². The Morgan fingerprint density at radius 1 is 1.42 bits per heavy atom. The third kappa shape index (κ3) is 2.89. The second kappa shape index (κ2) is 5.61. The SMILES string of the molecule is CNC(=O)C1CCN(c2nc(Cl)nc(C)c2N)CC1. The van der Waals surface area contributed by atoms with E-state index in [2.05, 4.69) is 20.2 Å². The van der Waals surface area contributed by atoms with Crippen LogP contribution in [0.3, 0.4) is 0 Å². The van der Waals surface area contributed by atoms with Crippen molar-refractivity contribution < 1.29 is 4.79 Å². The zero-order chi connectivity index (χ0) is 14.0. The molecular formula is C12H18ClN5O. The molecule has 1 saturated heterocycles. The van der Waals surface area contributed by atoms with Crippen LogP contribution < -0.4 is 16.0 Å². The van der Waals surface area contributed by atoms with Crippen molar-refractivity contribution in [2.75, 3.05) is 30.8 Å². The number of nitrogens with one attached hydrogen (secondary N) is 1. The number of hydrogen-bond donors (Lipinski definition) is 2. The highest BCUT2D eigenvalue weighted by molar-refractivity contribution is 6.28. The van der Waals surface area contributed by atoms with Gasteiger partial charge in [-0.05, 0) is 31.4 Å². The molecule has 0 unspecified atom stereocenters.